The molecule has 128 valence electrons. The number of carbonyl (C=O) groups excluding carboxylic acids is 1. The van der Waals surface area contributed by atoms with Crippen LogP contribution in [-0.2, 0) is 9.53 Å². The predicted octanol–water partition coefficient (Wildman–Crippen LogP) is 4.92. The van der Waals surface area contributed by atoms with E-state index >= 15 is 0 Å². The average Bonchev–Trinajstić information content (AvgIpc) is 2.76. The SMILES string of the molecule is CCCCCCCCCCCC[C@]1(C)OC(CCO)=CC1=O. The first-order valence-corrected chi connectivity index (χ1v) is 9.17. The summed E-state index contributed by atoms with van der Waals surface area (Å²) >= 11 is 0. The van der Waals surface area contributed by atoms with Gasteiger partial charge in [0.15, 0.2) is 5.60 Å². The summed E-state index contributed by atoms with van der Waals surface area (Å²) in [6.07, 6.45) is 15.7. The van der Waals surface area contributed by atoms with E-state index in [4.69, 9.17) is 9.84 Å². The van der Waals surface area contributed by atoms with E-state index in [1.165, 1.54) is 57.8 Å². The molecule has 1 aliphatic rings. The fraction of sp³-hybridized carbons (Fsp3) is 0.842. The van der Waals surface area contributed by atoms with Crippen LogP contribution in [0.5, 0.6) is 0 Å². The standard InChI is InChI=1S/C19H34O3/c1-3-4-5-6-7-8-9-10-11-12-14-19(2)18(21)16-17(22-19)13-15-20/h16,20H,3-15H2,1-2H3/t19-/m0/s1. The van der Waals surface area contributed by atoms with E-state index in [9.17, 15) is 4.79 Å². The van der Waals surface area contributed by atoms with Crippen LogP contribution in [0.3, 0.4) is 0 Å². The highest BCUT2D eigenvalue weighted by Crippen LogP contribution is 2.31. The number of hydrogen-bond acceptors (Lipinski definition) is 3. The Kier molecular flexibility index (Phi) is 9.45. The molecule has 0 saturated carbocycles. The molecular formula is C19H34O3. The second kappa shape index (κ2) is 10.8. The van der Waals surface area contributed by atoms with Crippen LogP contribution in [0.1, 0.15) is 90.9 Å². The summed E-state index contributed by atoms with van der Waals surface area (Å²) in [5, 5.41) is 8.92. The molecule has 0 aliphatic carbocycles. The molecule has 0 aromatic rings. The van der Waals surface area contributed by atoms with Crippen LogP contribution >= 0.6 is 0 Å². The first-order chi connectivity index (χ1) is 10.6. The van der Waals surface area contributed by atoms with Crippen LogP contribution in [0.2, 0.25) is 0 Å². The molecule has 0 spiro atoms. The van der Waals surface area contributed by atoms with Crippen molar-refractivity contribution < 1.29 is 14.6 Å². The summed E-state index contributed by atoms with van der Waals surface area (Å²) < 4.78 is 5.74. The van der Waals surface area contributed by atoms with Gasteiger partial charge >= 0.3 is 0 Å². The molecule has 1 N–H and O–H groups in total. The van der Waals surface area contributed by atoms with E-state index in [1.807, 2.05) is 6.92 Å². The van der Waals surface area contributed by atoms with Gasteiger partial charge in [-0.05, 0) is 19.8 Å². The molecule has 3 heteroatoms. The van der Waals surface area contributed by atoms with Gasteiger partial charge in [-0.15, -0.1) is 0 Å². The minimum Gasteiger partial charge on any atom is -0.484 e. The molecule has 0 saturated heterocycles. The molecule has 1 heterocycles. The van der Waals surface area contributed by atoms with E-state index in [-0.39, 0.29) is 12.4 Å². The van der Waals surface area contributed by atoms with E-state index in [0.717, 1.165) is 12.8 Å². The summed E-state index contributed by atoms with van der Waals surface area (Å²) in [7, 11) is 0. The van der Waals surface area contributed by atoms with Crippen molar-refractivity contribution in [2.45, 2.75) is 96.5 Å². The molecule has 3 nitrogen and oxygen atoms in total. The monoisotopic (exact) mass is 310 g/mol. The molecule has 0 aromatic carbocycles. The van der Waals surface area contributed by atoms with Gasteiger partial charge in [-0.1, -0.05) is 64.7 Å². The van der Waals surface area contributed by atoms with Crippen molar-refractivity contribution in [3.05, 3.63) is 11.8 Å². The van der Waals surface area contributed by atoms with Crippen molar-refractivity contribution in [2.24, 2.45) is 0 Å². The number of aliphatic hydroxyl groups is 1. The molecule has 1 atom stereocenters. The van der Waals surface area contributed by atoms with Crippen LogP contribution < -0.4 is 0 Å². The Morgan fingerprint density at radius 2 is 1.55 bits per heavy atom. The Morgan fingerprint density at radius 3 is 2.09 bits per heavy atom. The van der Waals surface area contributed by atoms with E-state index in [2.05, 4.69) is 6.92 Å². The van der Waals surface area contributed by atoms with Gasteiger partial charge in [0.2, 0.25) is 5.78 Å². The first-order valence-electron chi connectivity index (χ1n) is 9.17. The number of ketones is 1. The smallest absolute Gasteiger partial charge is 0.202 e. The van der Waals surface area contributed by atoms with Gasteiger partial charge in [0, 0.05) is 12.5 Å². The Morgan fingerprint density at radius 1 is 1.00 bits per heavy atom. The third-order valence-corrected chi connectivity index (χ3v) is 4.54. The second-order valence-corrected chi connectivity index (χ2v) is 6.71. The number of ether oxygens (including phenoxy) is 1. The van der Waals surface area contributed by atoms with Crippen molar-refractivity contribution in [1.82, 2.24) is 0 Å². The van der Waals surface area contributed by atoms with Crippen molar-refractivity contribution >= 4 is 5.78 Å². The number of unbranched alkanes of at least 4 members (excludes halogenated alkanes) is 9. The van der Waals surface area contributed by atoms with E-state index < -0.39 is 5.60 Å². The Hall–Kier alpha value is -0.830. The molecule has 1 rings (SSSR count). The highest BCUT2D eigenvalue weighted by molar-refractivity contribution is 5.99. The fourth-order valence-electron chi connectivity index (χ4n) is 3.03. The minimum atomic E-state index is -0.676. The number of rotatable bonds is 13. The Balaban J connectivity index is 2.02. The molecule has 0 radical (unpaired) electrons. The van der Waals surface area contributed by atoms with Gasteiger partial charge in [-0.2, -0.15) is 0 Å². The van der Waals surface area contributed by atoms with Gasteiger partial charge in [0.25, 0.3) is 0 Å². The minimum absolute atomic E-state index is 0.0352. The van der Waals surface area contributed by atoms with E-state index in [0.29, 0.717) is 12.2 Å². The average molecular weight is 310 g/mol. The molecule has 1 aliphatic heterocycles. The quantitative estimate of drug-likeness (QED) is 0.491. The van der Waals surface area contributed by atoms with Crippen molar-refractivity contribution in [2.75, 3.05) is 6.61 Å². The van der Waals surface area contributed by atoms with Gasteiger partial charge in [-0.3, -0.25) is 4.79 Å². The molecule has 22 heavy (non-hydrogen) atoms. The van der Waals surface area contributed by atoms with Crippen LogP contribution in [0.15, 0.2) is 11.8 Å². The lowest BCUT2D eigenvalue weighted by molar-refractivity contribution is -0.129. The molecule has 0 aromatic heterocycles. The third kappa shape index (κ3) is 6.95. The highest BCUT2D eigenvalue weighted by atomic mass is 16.5. The van der Waals surface area contributed by atoms with E-state index in [1.54, 1.807) is 6.08 Å². The van der Waals surface area contributed by atoms with Gasteiger partial charge in [0.1, 0.15) is 5.76 Å². The zero-order valence-electron chi connectivity index (χ0n) is 14.5. The maximum atomic E-state index is 12.0. The van der Waals surface area contributed by atoms with Gasteiger partial charge < -0.3 is 9.84 Å². The fourth-order valence-corrected chi connectivity index (χ4v) is 3.03. The maximum Gasteiger partial charge on any atom is 0.202 e. The molecule has 0 amide bonds. The summed E-state index contributed by atoms with van der Waals surface area (Å²) in [6, 6.07) is 0. The maximum absolute atomic E-state index is 12.0. The van der Waals surface area contributed by atoms with Crippen molar-refractivity contribution in [3.8, 4) is 0 Å². The zero-order chi connectivity index (χ0) is 16.3. The predicted molar refractivity (Wildman–Crippen MR) is 90.7 cm³/mol. The van der Waals surface area contributed by atoms with Gasteiger partial charge in [-0.25, -0.2) is 0 Å². The molecule has 0 bridgehead atoms. The van der Waals surface area contributed by atoms with Crippen molar-refractivity contribution in [3.63, 3.8) is 0 Å². The van der Waals surface area contributed by atoms with Crippen LogP contribution in [0, 0.1) is 0 Å². The summed E-state index contributed by atoms with van der Waals surface area (Å²) in [4.78, 5) is 12.0. The summed E-state index contributed by atoms with van der Waals surface area (Å²) in [5.41, 5.74) is -0.676. The normalized spacial score (nSPS) is 21.0. The van der Waals surface area contributed by atoms with Crippen molar-refractivity contribution in [1.29, 1.82) is 0 Å². The molecular weight excluding hydrogens is 276 g/mol. The number of aliphatic hydroxyl groups excluding tert-OH is 1. The second-order valence-electron chi connectivity index (χ2n) is 6.71. The lowest BCUT2D eigenvalue weighted by Gasteiger charge is -2.23. The zero-order valence-corrected chi connectivity index (χ0v) is 14.5. The van der Waals surface area contributed by atoms with Gasteiger partial charge in [0.05, 0.1) is 6.61 Å². The summed E-state index contributed by atoms with van der Waals surface area (Å²) in [5.74, 6) is 0.703. The third-order valence-electron chi connectivity index (χ3n) is 4.54. The van der Waals surface area contributed by atoms with Crippen LogP contribution in [0.4, 0.5) is 0 Å². The first kappa shape index (κ1) is 19.2. The van der Waals surface area contributed by atoms with Crippen LogP contribution in [-0.4, -0.2) is 23.1 Å². The summed E-state index contributed by atoms with van der Waals surface area (Å²) in [6.45, 7) is 4.17. The highest BCUT2D eigenvalue weighted by Gasteiger charge is 2.38. The Labute approximate surface area is 136 Å². The Bertz CT molecular complexity index is 349. The van der Waals surface area contributed by atoms with Crippen LogP contribution in [0.25, 0.3) is 0 Å². The molecule has 0 unspecified atom stereocenters. The molecule has 0 fully saturated rings. The topological polar surface area (TPSA) is 46.5 Å². The largest absolute Gasteiger partial charge is 0.484 e. The number of hydrogen-bond donors (Lipinski definition) is 1. The lowest BCUT2D eigenvalue weighted by Crippen LogP contribution is -2.32. The lowest BCUT2D eigenvalue weighted by atomic mass is 9.94. The number of carbonyl (C=O) groups is 1.